The second kappa shape index (κ2) is 9.44. The lowest BCUT2D eigenvalue weighted by Gasteiger charge is -2.10. The van der Waals surface area contributed by atoms with Crippen LogP contribution in [0.1, 0.15) is 32.6 Å². The van der Waals surface area contributed by atoms with Crippen LogP contribution in [0.4, 0.5) is 0 Å². The molecule has 30 heavy (non-hydrogen) atoms. The van der Waals surface area contributed by atoms with Crippen LogP contribution in [-0.2, 0) is 12.3 Å². The van der Waals surface area contributed by atoms with Crippen molar-refractivity contribution in [3.8, 4) is 17.1 Å². The van der Waals surface area contributed by atoms with Crippen LogP contribution in [-0.4, -0.2) is 26.3 Å². The molecular weight excluding hydrogens is 420 g/mol. The number of fused-ring (bicyclic) bond motifs is 1. The third kappa shape index (κ3) is 4.41. The molecule has 0 radical (unpaired) electrons. The van der Waals surface area contributed by atoms with Gasteiger partial charge in [0.1, 0.15) is 10.4 Å². The predicted octanol–water partition coefficient (Wildman–Crippen LogP) is 5.00. The first-order valence-corrected chi connectivity index (χ1v) is 11.7. The summed E-state index contributed by atoms with van der Waals surface area (Å²) in [7, 11) is 0. The van der Waals surface area contributed by atoms with Crippen molar-refractivity contribution < 1.29 is 9.26 Å². The van der Waals surface area contributed by atoms with Gasteiger partial charge in [-0.1, -0.05) is 30.3 Å². The molecule has 4 rings (SSSR count). The Hall–Kier alpha value is -2.65. The van der Waals surface area contributed by atoms with Crippen molar-refractivity contribution in [2.75, 3.05) is 6.61 Å². The standard InChI is InChI=1S/C21H22N4O3S2/c1-3-5-11-25-20(26)18-16(10-12-29-18)22-21(25)30-13-17-23-19(24-28-17)14-6-8-15(9-7-14)27-4-2/h6-10,12H,3-5,11,13H2,1-2H3. The van der Waals surface area contributed by atoms with Crippen molar-refractivity contribution in [2.24, 2.45) is 0 Å². The van der Waals surface area contributed by atoms with Gasteiger partial charge in [0.05, 0.1) is 17.9 Å². The SMILES string of the molecule is CCCCn1c(SCc2nc(-c3ccc(OCC)cc3)no2)nc2ccsc2c1=O. The molecule has 0 unspecified atom stereocenters. The fraction of sp³-hybridized carbons (Fsp3) is 0.333. The van der Waals surface area contributed by atoms with Gasteiger partial charge in [0, 0.05) is 12.1 Å². The first-order chi connectivity index (χ1) is 14.7. The van der Waals surface area contributed by atoms with E-state index in [2.05, 4.69) is 22.0 Å². The molecule has 3 aromatic heterocycles. The lowest BCUT2D eigenvalue weighted by Crippen LogP contribution is -2.22. The Labute approximate surface area is 182 Å². The summed E-state index contributed by atoms with van der Waals surface area (Å²) in [5.74, 6) is 2.27. The molecule has 0 aliphatic carbocycles. The Bertz CT molecular complexity index is 1180. The van der Waals surface area contributed by atoms with E-state index >= 15 is 0 Å². The third-order valence-electron chi connectivity index (χ3n) is 4.48. The Balaban J connectivity index is 1.52. The molecule has 0 fully saturated rings. The molecule has 0 saturated heterocycles. The van der Waals surface area contributed by atoms with Gasteiger partial charge in [-0.3, -0.25) is 9.36 Å². The molecule has 0 amide bonds. The summed E-state index contributed by atoms with van der Waals surface area (Å²) < 4.78 is 13.3. The monoisotopic (exact) mass is 442 g/mol. The van der Waals surface area contributed by atoms with Gasteiger partial charge in [0.2, 0.25) is 11.7 Å². The molecule has 0 saturated carbocycles. The van der Waals surface area contributed by atoms with Crippen LogP contribution in [0.15, 0.2) is 50.2 Å². The summed E-state index contributed by atoms with van der Waals surface area (Å²) in [6.07, 6.45) is 1.93. The van der Waals surface area contributed by atoms with Crippen molar-refractivity contribution in [1.82, 2.24) is 19.7 Å². The highest BCUT2D eigenvalue weighted by molar-refractivity contribution is 7.98. The second-order valence-corrected chi connectivity index (χ2v) is 8.46. The summed E-state index contributed by atoms with van der Waals surface area (Å²) in [6.45, 7) is 5.33. The smallest absolute Gasteiger partial charge is 0.272 e. The molecular formula is C21H22N4O3S2. The number of nitrogens with zero attached hydrogens (tertiary/aromatic N) is 4. The summed E-state index contributed by atoms with van der Waals surface area (Å²) in [5, 5.41) is 6.66. The highest BCUT2D eigenvalue weighted by Gasteiger charge is 2.15. The zero-order valence-corrected chi connectivity index (χ0v) is 18.5. The molecule has 1 aromatic carbocycles. The van der Waals surface area contributed by atoms with Crippen LogP contribution in [0.2, 0.25) is 0 Å². The molecule has 0 aliphatic heterocycles. The van der Waals surface area contributed by atoms with Crippen LogP contribution in [0, 0.1) is 0 Å². The van der Waals surface area contributed by atoms with Crippen LogP contribution in [0.5, 0.6) is 5.75 Å². The van der Waals surface area contributed by atoms with E-state index in [-0.39, 0.29) is 5.56 Å². The highest BCUT2D eigenvalue weighted by atomic mass is 32.2. The van der Waals surface area contributed by atoms with Crippen molar-refractivity contribution >= 4 is 33.3 Å². The number of benzene rings is 1. The fourth-order valence-corrected chi connectivity index (χ4v) is 4.61. The van der Waals surface area contributed by atoms with E-state index in [4.69, 9.17) is 9.26 Å². The molecule has 7 nitrogen and oxygen atoms in total. The van der Waals surface area contributed by atoms with E-state index in [0.717, 1.165) is 29.7 Å². The number of unbranched alkanes of at least 4 members (excludes halogenated alkanes) is 1. The van der Waals surface area contributed by atoms with Crippen molar-refractivity contribution in [3.63, 3.8) is 0 Å². The van der Waals surface area contributed by atoms with Gasteiger partial charge in [0.15, 0.2) is 5.16 Å². The zero-order chi connectivity index (χ0) is 20.9. The minimum absolute atomic E-state index is 0.0200. The molecule has 0 spiro atoms. The first-order valence-electron chi connectivity index (χ1n) is 9.86. The number of aromatic nitrogens is 4. The fourth-order valence-electron chi connectivity index (χ4n) is 2.97. The third-order valence-corrected chi connectivity index (χ3v) is 6.34. The minimum atomic E-state index is 0.0200. The van der Waals surface area contributed by atoms with Crippen molar-refractivity contribution in [3.05, 3.63) is 52.0 Å². The quantitative estimate of drug-likeness (QED) is 0.266. The maximum Gasteiger partial charge on any atom is 0.272 e. The second-order valence-electron chi connectivity index (χ2n) is 6.60. The van der Waals surface area contributed by atoms with Gasteiger partial charge in [-0.15, -0.1) is 11.3 Å². The molecule has 4 aromatic rings. The molecule has 156 valence electrons. The average molecular weight is 443 g/mol. The van der Waals surface area contributed by atoms with Crippen molar-refractivity contribution in [1.29, 1.82) is 0 Å². The zero-order valence-electron chi connectivity index (χ0n) is 16.8. The van der Waals surface area contributed by atoms with Crippen molar-refractivity contribution in [2.45, 2.75) is 44.1 Å². The number of hydrogen-bond donors (Lipinski definition) is 0. The maximum absolute atomic E-state index is 12.8. The molecule has 3 heterocycles. The van der Waals surface area contributed by atoms with E-state index in [0.29, 0.717) is 40.5 Å². The lowest BCUT2D eigenvalue weighted by molar-refractivity contribution is 0.340. The Morgan fingerprint density at radius 2 is 2.00 bits per heavy atom. The van der Waals surface area contributed by atoms with E-state index < -0.39 is 0 Å². The van der Waals surface area contributed by atoms with E-state index in [1.807, 2.05) is 42.6 Å². The van der Waals surface area contributed by atoms with Crippen LogP contribution in [0.3, 0.4) is 0 Å². The van der Waals surface area contributed by atoms with Gasteiger partial charge in [0.25, 0.3) is 5.56 Å². The van der Waals surface area contributed by atoms with Gasteiger partial charge in [-0.05, 0) is 49.1 Å². The van der Waals surface area contributed by atoms with Crippen LogP contribution >= 0.6 is 23.1 Å². The Kier molecular flexibility index (Phi) is 6.49. The number of ether oxygens (including phenoxy) is 1. The van der Waals surface area contributed by atoms with E-state index in [1.54, 1.807) is 4.57 Å². The van der Waals surface area contributed by atoms with Crippen LogP contribution < -0.4 is 10.3 Å². The summed E-state index contributed by atoms with van der Waals surface area (Å²) in [6, 6.07) is 9.46. The largest absolute Gasteiger partial charge is 0.494 e. The molecule has 0 bridgehead atoms. The molecule has 0 aliphatic rings. The Morgan fingerprint density at radius 1 is 1.17 bits per heavy atom. The molecule has 9 heteroatoms. The van der Waals surface area contributed by atoms with E-state index in [1.165, 1.54) is 23.1 Å². The highest BCUT2D eigenvalue weighted by Crippen LogP contribution is 2.25. The summed E-state index contributed by atoms with van der Waals surface area (Å²) in [4.78, 5) is 22.0. The topological polar surface area (TPSA) is 83.0 Å². The predicted molar refractivity (Wildman–Crippen MR) is 119 cm³/mol. The van der Waals surface area contributed by atoms with Gasteiger partial charge < -0.3 is 9.26 Å². The number of thiophene rings is 1. The van der Waals surface area contributed by atoms with Crippen LogP contribution in [0.25, 0.3) is 21.6 Å². The van der Waals surface area contributed by atoms with Gasteiger partial charge in [-0.25, -0.2) is 4.98 Å². The maximum atomic E-state index is 12.8. The number of hydrogen-bond acceptors (Lipinski definition) is 8. The summed E-state index contributed by atoms with van der Waals surface area (Å²) >= 11 is 2.88. The van der Waals surface area contributed by atoms with E-state index in [9.17, 15) is 4.79 Å². The normalized spacial score (nSPS) is 11.3. The summed E-state index contributed by atoms with van der Waals surface area (Å²) in [5.41, 5.74) is 1.61. The molecule has 0 N–H and O–H groups in total. The lowest BCUT2D eigenvalue weighted by atomic mass is 10.2. The molecule has 0 atom stereocenters. The van der Waals surface area contributed by atoms with Gasteiger partial charge in [-0.2, -0.15) is 4.98 Å². The number of rotatable bonds is 9. The minimum Gasteiger partial charge on any atom is -0.494 e. The number of thioether (sulfide) groups is 1. The van der Waals surface area contributed by atoms with Gasteiger partial charge >= 0.3 is 0 Å². The Morgan fingerprint density at radius 3 is 2.77 bits per heavy atom. The first kappa shape index (κ1) is 20.6. The average Bonchev–Trinajstić information content (AvgIpc) is 3.42.